The Balaban J connectivity index is 2.03. The molecule has 3 heterocycles. The molecule has 3 aromatic rings. The first-order chi connectivity index (χ1) is 13.6. The van der Waals surface area contributed by atoms with Gasteiger partial charge in [-0.2, -0.15) is 5.10 Å². The number of aromatic nitrogens is 2. The monoisotopic (exact) mass is 472 g/mol. The minimum atomic E-state index is -3.61. The number of aromatic carboxylic acids is 1. The fourth-order valence-corrected chi connectivity index (χ4v) is 5.33. The summed E-state index contributed by atoms with van der Waals surface area (Å²) in [4.78, 5) is 11.8. The molecule has 0 radical (unpaired) electrons. The molecule has 0 aliphatic carbocycles. The molecule has 0 unspecified atom stereocenters. The number of rotatable bonds is 3. The Morgan fingerprint density at radius 2 is 1.93 bits per heavy atom. The van der Waals surface area contributed by atoms with Gasteiger partial charge in [0.1, 0.15) is 5.76 Å². The van der Waals surface area contributed by atoms with Crippen LogP contribution in [0.1, 0.15) is 27.5 Å². The van der Waals surface area contributed by atoms with E-state index in [1.807, 2.05) is 0 Å². The number of carboxylic acids is 1. The van der Waals surface area contributed by atoms with Crippen molar-refractivity contribution in [2.45, 2.75) is 5.75 Å². The standard InChI is InChI=1S/C18H11Cl3N2O5S/c19-10-1-3-14(13(20)6-10)23-17-9(5-11-2-4-15(21)28-11)7-29(26,27)8-12(17)16(22-23)18(24)25/h1-6H,7-8H2,(H,24,25)/b9-5+. The summed E-state index contributed by atoms with van der Waals surface area (Å²) in [5.41, 5.74) is 0.719. The Bertz CT molecular complexity index is 1290. The molecule has 7 nitrogen and oxygen atoms in total. The number of carbonyl (C=O) groups is 1. The lowest BCUT2D eigenvalue weighted by molar-refractivity contribution is 0.0689. The highest BCUT2D eigenvalue weighted by Crippen LogP contribution is 2.37. The van der Waals surface area contributed by atoms with Gasteiger partial charge in [0.15, 0.2) is 20.8 Å². The van der Waals surface area contributed by atoms with Gasteiger partial charge >= 0.3 is 5.97 Å². The Morgan fingerprint density at radius 1 is 1.17 bits per heavy atom. The van der Waals surface area contributed by atoms with Gasteiger partial charge in [-0.15, -0.1) is 0 Å². The third kappa shape index (κ3) is 3.81. The third-order valence-corrected chi connectivity index (χ3v) is 6.50. The van der Waals surface area contributed by atoms with Crippen molar-refractivity contribution in [3.63, 3.8) is 0 Å². The van der Waals surface area contributed by atoms with Crippen LogP contribution in [0.15, 0.2) is 34.7 Å². The number of fused-ring (bicyclic) bond motifs is 1. The molecule has 150 valence electrons. The summed E-state index contributed by atoms with van der Waals surface area (Å²) in [6, 6.07) is 7.73. The van der Waals surface area contributed by atoms with E-state index in [1.165, 1.54) is 22.9 Å². The minimum Gasteiger partial charge on any atom is -0.476 e. The van der Waals surface area contributed by atoms with Gasteiger partial charge in [-0.1, -0.05) is 23.2 Å². The summed E-state index contributed by atoms with van der Waals surface area (Å²) in [6.45, 7) is 0. The molecule has 4 rings (SSSR count). The van der Waals surface area contributed by atoms with Crippen LogP contribution in [-0.4, -0.2) is 35.0 Å². The highest BCUT2D eigenvalue weighted by molar-refractivity contribution is 7.91. The van der Waals surface area contributed by atoms with Crippen LogP contribution in [0.2, 0.25) is 15.3 Å². The van der Waals surface area contributed by atoms with Crippen molar-refractivity contribution in [3.05, 3.63) is 68.3 Å². The molecule has 0 saturated carbocycles. The van der Waals surface area contributed by atoms with Crippen LogP contribution >= 0.6 is 34.8 Å². The molecular weight excluding hydrogens is 463 g/mol. The maximum absolute atomic E-state index is 12.5. The Kier molecular flexibility index (Phi) is 4.98. The second-order valence-electron chi connectivity index (χ2n) is 6.33. The predicted octanol–water partition coefficient (Wildman–Crippen LogP) is 4.59. The number of nitrogens with zero attached hydrogens (tertiary/aromatic N) is 2. The van der Waals surface area contributed by atoms with Gasteiger partial charge in [-0.25, -0.2) is 17.9 Å². The predicted molar refractivity (Wildman–Crippen MR) is 110 cm³/mol. The molecule has 0 fully saturated rings. The summed E-state index contributed by atoms with van der Waals surface area (Å²) < 4.78 is 31.6. The number of sulfone groups is 1. The smallest absolute Gasteiger partial charge is 0.356 e. The third-order valence-electron chi connectivity index (χ3n) is 4.28. The average molecular weight is 474 g/mol. The summed E-state index contributed by atoms with van der Waals surface area (Å²) in [5, 5.41) is 14.5. The van der Waals surface area contributed by atoms with Gasteiger partial charge < -0.3 is 9.52 Å². The molecule has 0 atom stereocenters. The zero-order valence-electron chi connectivity index (χ0n) is 14.4. The molecule has 1 aliphatic rings. The van der Waals surface area contributed by atoms with Crippen LogP contribution in [0.4, 0.5) is 0 Å². The molecular formula is C18H11Cl3N2O5S. The van der Waals surface area contributed by atoms with E-state index in [-0.39, 0.29) is 27.3 Å². The molecule has 29 heavy (non-hydrogen) atoms. The summed E-state index contributed by atoms with van der Waals surface area (Å²) >= 11 is 18.1. The van der Waals surface area contributed by atoms with Crippen molar-refractivity contribution in [3.8, 4) is 5.69 Å². The van der Waals surface area contributed by atoms with E-state index < -0.39 is 21.6 Å². The maximum atomic E-state index is 12.5. The van der Waals surface area contributed by atoms with E-state index >= 15 is 0 Å². The van der Waals surface area contributed by atoms with Crippen molar-refractivity contribution in [1.29, 1.82) is 0 Å². The second-order valence-corrected chi connectivity index (χ2v) is 9.61. The van der Waals surface area contributed by atoms with Crippen LogP contribution in [0.3, 0.4) is 0 Å². The molecule has 0 amide bonds. The highest BCUT2D eigenvalue weighted by atomic mass is 35.5. The van der Waals surface area contributed by atoms with Gasteiger partial charge in [0.2, 0.25) is 0 Å². The first kappa shape index (κ1) is 20.0. The first-order valence-electron chi connectivity index (χ1n) is 8.12. The van der Waals surface area contributed by atoms with Crippen molar-refractivity contribution in [2.24, 2.45) is 0 Å². The van der Waals surface area contributed by atoms with Gasteiger partial charge in [0, 0.05) is 10.6 Å². The molecule has 0 bridgehead atoms. The van der Waals surface area contributed by atoms with E-state index in [0.717, 1.165) is 0 Å². The minimum absolute atomic E-state index is 0.0821. The van der Waals surface area contributed by atoms with E-state index in [4.69, 9.17) is 39.2 Å². The number of hydrogen-bond donors (Lipinski definition) is 1. The fraction of sp³-hybridized carbons (Fsp3) is 0.111. The van der Waals surface area contributed by atoms with Crippen LogP contribution < -0.4 is 0 Å². The SMILES string of the molecule is O=C(O)c1nn(-c2ccc(Cl)cc2Cl)c2c1CS(=O)(=O)C/C2=C\c1ccc(Cl)o1. The van der Waals surface area contributed by atoms with Crippen molar-refractivity contribution in [1.82, 2.24) is 9.78 Å². The first-order valence-corrected chi connectivity index (χ1v) is 11.1. The summed E-state index contributed by atoms with van der Waals surface area (Å²) in [5.74, 6) is -1.80. The van der Waals surface area contributed by atoms with Crippen molar-refractivity contribution in [2.75, 3.05) is 5.75 Å². The Morgan fingerprint density at radius 3 is 2.55 bits per heavy atom. The van der Waals surface area contributed by atoms with Crippen LogP contribution in [0.25, 0.3) is 17.3 Å². The average Bonchev–Trinajstić information content (AvgIpc) is 3.17. The van der Waals surface area contributed by atoms with E-state index in [0.29, 0.717) is 27.7 Å². The maximum Gasteiger partial charge on any atom is 0.356 e. The second kappa shape index (κ2) is 7.21. The van der Waals surface area contributed by atoms with E-state index in [2.05, 4.69) is 5.10 Å². The lowest BCUT2D eigenvalue weighted by Gasteiger charge is -2.19. The summed E-state index contributed by atoms with van der Waals surface area (Å²) in [6.07, 6.45) is 1.50. The molecule has 1 N–H and O–H groups in total. The van der Waals surface area contributed by atoms with Crippen LogP contribution in [-0.2, 0) is 15.6 Å². The van der Waals surface area contributed by atoms with E-state index in [1.54, 1.807) is 18.2 Å². The largest absolute Gasteiger partial charge is 0.476 e. The van der Waals surface area contributed by atoms with Gasteiger partial charge in [0.05, 0.1) is 27.9 Å². The molecule has 11 heteroatoms. The molecule has 1 aliphatic heterocycles. The summed E-state index contributed by atoms with van der Waals surface area (Å²) in [7, 11) is -3.61. The number of benzene rings is 1. The fourth-order valence-electron chi connectivity index (χ4n) is 3.18. The number of halogens is 3. The normalized spacial score (nSPS) is 16.7. The van der Waals surface area contributed by atoms with Gasteiger partial charge in [0.25, 0.3) is 0 Å². The highest BCUT2D eigenvalue weighted by Gasteiger charge is 2.35. The number of furan rings is 1. The van der Waals surface area contributed by atoms with Gasteiger partial charge in [-0.3, -0.25) is 0 Å². The molecule has 0 saturated heterocycles. The quantitative estimate of drug-likeness (QED) is 0.597. The topological polar surface area (TPSA) is 102 Å². The number of hydrogen-bond acceptors (Lipinski definition) is 5. The molecule has 0 spiro atoms. The van der Waals surface area contributed by atoms with Crippen molar-refractivity contribution < 1.29 is 22.7 Å². The van der Waals surface area contributed by atoms with Crippen LogP contribution in [0.5, 0.6) is 0 Å². The van der Waals surface area contributed by atoms with E-state index in [9.17, 15) is 18.3 Å². The lowest BCUT2D eigenvalue weighted by atomic mass is 10.1. The zero-order chi connectivity index (χ0) is 20.9. The van der Waals surface area contributed by atoms with Gasteiger partial charge in [-0.05, 0) is 53.6 Å². The number of carboxylic acid groups (broad SMARTS) is 1. The Labute approximate surface area is 180 Å². The van der Waals surface area contributed by atoms with Crippen molar-refractivity contribution >= 4 is 62.3 Å². The molecule has 2 aromatic heterocycles. The van der Waals surface area contributed by atoms with Crippen LogP contribution in [0, 0.1) is 0 Å². The zero-order valence-corrected chi connectivity index (χ0v) is 17.5. The molecule has 1 aromatic carbocycles. The lowest BCUT2D eigenvalue weighted by Crippen LogP contribution is -2.20. The Hall–Kier alpha value is -2.26.